The second-order valence-corrected chi connectivity index (χ2v) is 5.46. The molecule has 0 aromatic heterocycles. The maximum Gasteiger partial charge on any atom is 0.194 e. The van der Waals surface area contributed by atoms with Gasteiger partial charge in [0.2, 0.25) is 0 Å². The van der Waals surface area contributed by atoms with E-state index in [0.717, 1.165) is 6.42 Å². The minimum atomic E-state index is -1.74. The van der Waals surface area contributed by atoms with Gasteiger partial charge in [0.15, 0.2) is 8.03 Å². The summed E-state index contributed by atoms with van der Waals surface area (Å²) in [6.45, 7) is 6.73. The first-order chi connectivity index (χ1) is 5.68. The average molecular weight is 192 g/mol. The normalized spacial score (nSPS) is 13.7. The highest BCUT2D eigenvalue weighted by atomic mass is 31.1. The van der Waals surface area contributed by atoms with Crippen LogP contribution in [0.1, 0.15) is 46.5 Å². The quantitative estimate of drug-likeness (QED) is 0.456. The molecule has 0 aromatic carbocycles. The summed E-state index contributed by atoms with van der Waals surface area (Å²) in [5, 5.41) is 0. The molecule has 0 spiro atoms. The van der Waals surface area contributed by atoms with E-state index in [-0.39, 0.29) is 5.66 Å². The molecule has 0 amide bonds. The third-order valence-electron chi connectivity index (χ3n) is 1.71. The topological polar surface area (TPSA) is 26.3 Å². The monoisotopic (exact) mass is 192 g/mol. The third-order valence-corrected chi connectivity index (χ3v) is 3.15. The molecule has 74 valence electrons. The van der Waals surface area contributed by atoms with Crippen molar-refractivity contribution in [2.45, 2.75) is 52.1 Å². The molecule has 1 unspecified atom stereocenters. The maximum absolute atomic E-state index is 11.1. The molecule has 2 nitrogen and oxygen atoms in total. The van der Waals surface area contributed by atoms with E-state index in [0.29, 0.717) is 6.61 Å². The summed E-state index contributed by atoms with van der Waals surface area (Å²) >= 11 is 0. The predicted molar refractivity (Wildman–Crippen MR) is 54.2 cm³/mol. The molecular weight excluding hydrogens is 171 g/mol. The van der Waals surface area contributed by atoms with Crippen LogP contribution in [0.2, 0.25) is 0 Å². The van der Waals surface area contributed by atoms with E-state index in [4.69, 9.17) is 4.52 Å². The van der Waals surface area contributed by atoms with Crippen molar-refractivity contribution < 1.29 is 9.09 Å². The van der Waals surface area contributed by atoms with Gasteiger partial charge in [-0.15, -0.1) is 0 Å². The molecule has 0 fully saturated rings. The van der Waals surface area contributed by atoms with Gasteiger partial charge in [-0.25, -0.2) is 0 Å². The first-order valence-corrected chi connectivity index (χ1v) is 6.24. The van der Waals surface area contributed by atoms with Crippen LogP contribution in [0.15, 0.2) is 0 Å². The Hall–Kier alpha value is 0.190. The Morgan fingerprint density at radius 2 is 1.92 bits per heavy atom. The molecule has 3 heteroatoms. The zero-order chi connectivity index (χ0) is 9.40. The molecular formula is C9H21O2P. The Bertz CT molecular complexity index is 124. The highest BCUT2D eigenvalue weighted by Gasteiger charge is 2.03. The zero-order valence-electron chi connectivity index (χ0n) is 8.43. The van der Waals surface area contributed by atoms with Crippen molar-refractivity contribution in [3.63, 3.8) is 0 Å². The maximum atomic E-state index is 11.1. The Morgan fingerprint density at radius 1 is 1.25 bits per heavy atom. The second kappa shape index (κ2) is 7.82. The van der Waals surface area contributed by atoms with Crippen LogP contribution in [0.3, 0.4) is 0 Å². The van der Waals surface area contributed by atoms with Crippen molar-refractivity contribution in [1.29, 1.82) is 0 Å². The number of hydrogen-bond donors (Lipinski definition) is 0. The summed E-state index contributed by atoms with van der Waals surface area (Å²) < 4.78 is 16.3. The summed E-state index contributed by atoms with van der Waals surface area (Å²) in [4.78, 5) is 0. The van der Waals surface area contributed by atoms with Gasteiger partial charge >= 0.3 is 0 Å². The summed E-state index contributed by atoms with van der Waals surface area (Å²) in [7, 11) is -1.74. The minimum Gasteiger partial charge on any atom is -0.330 e. The highest BCUT2D eigenvalue weighted by molar-refractivity contribution is 7.39. The molecule has 0 rings (SSSR count). The summed E-state index contributed by atoms with van der Waals surface area (Å²) in [6, 6.07) is 0. The van der Waals surface area contributed by atoms with Gasteiger partial charge in [-0.1, -0.05) is 40.0 Å². The molecule has 0 aliphatic rings. The van der Waals surface area contributed by atoms with E-state index in [1.807, 2.05) is 13.8 Å². The van der Waals surface area contributed by atoms with E-state index in [2.05, 4.69) is 6.92 Å². The van der Waals surface area contributed by atoms with Gasteiger partial charge in [0.25, 0.3) is 0 Å². The SMILES string of the molecule is CCCCCCO[PH](=O)C(C)C. The van der Waals surface area contributed by atoms with E-state index in [9.17, 15) is 4.57 Å². The molecule has 1 atom stereocenters. The van der Waals surface area contributed by atoms with Gasteiger partial charge < -0.3 is 4.52 Å². The van der Waals surface area contributed by atoms with Crippen molar-refractivity contribution in [2.75, 3.05) is 6.61 Å². The fourth-order valence-corrected chi connectivity index (χ4v) is 1.55. The molecule has 12 heavy (non-hydrogen) atoms. The summed E-state index contributed by atoms with van der Waals surface area (Å²) in [5.74, 6) is 0. The predicted octanol–water partition coefficient (Wildman–Crippen LogP) is 3.47. The lowest BCUT2D eigenvalue weighted by Gasteiger charge is -2.06. The molecule has 0 N–H and O–H groups in total. The lowest BCUT2D eigenvalue weighted by atomic mass is 10.2. The van der Waals surface area contributed by atoms with E-state index in [1.54, 1.807) is 0 Å². The molecule has 0 aromatic rings. The minimum absolute atomic E-state index is 0.196. The number of unbranched alkanes of at least 4 members (excludes halogenated alkanes) is 3. The standard InChI is InChI=1S/C9H21O2P/c1-4-5-6-7-8-11-12(10)9(2)3/h9,12H,4-8H2,1-3H3. The Balaban J connectivity index is 3.14. The molecule has 0 aliphatic heterocycles. The first-order valence-electron chi connectivity index (χ1n) is 4.85. The lowest BCUT2D eigenvalue weighted by molar-refractivity contribution is 0.313. The second-order valence-electron chi connectivity index (χ2n) is 3.38. The van der Waals surface area contributed by atoms with Crippen molar-refractivity contribution in [3.8, 4) is 0 Å². The van der Waals surface area contributed by atoms with Crippen LogP contribution >= 0.6 is 8.03 Å². The van der Waals surface area contributed by atoms with Crippen LogP contribution < -0.4 is 0 Å². The van der Waals surface area contributed by atoms with Crippen LogP contribution in [-0.2, 0) is 9.09 Å². The largest absolute Gasteiger partial charge is 0.330 e. The van der Waals surface area contributed by atoms with Gasteiger partial charge in [-0.05, 0) is 6.42 Å². The fraction of sp³-hybridized carbons (Fsp3) is 1.00. The zero-order valence-corrected chi connectivity index (χ0v) is 9.43. The van der Waals surface area contributed by atoms with Crippen LogP contribution in [0.5, 0.6) is 0 Å². The van der Waals surface area contributed by atoms with Crippen molar-refractivity contribution in [2.24, 2.45) is 0 Å². The number of hydrogen-bond acceptors (Lipinski definition) is 2. The Kier molecular flexibility index (Phi) is 7.94. The molecule has 0 saturated carbocycles. The molecule has 0 bridgehead atoms. The summed E-state index contributed by atoms with van der Waals surface area (Å²) in [5.41, 5.74) is 0.196. The Labute approximate surface area is 76.6 Å². The van der Waals surface area contributed by atoms with Gasteiger partial charge in [-0.2, -0.15) is 0 Å². The molecule has 0 saturated heterocycles. The van der Waals surface area contributed by atoms with E-state index < -0.39 is 8.03 Å². The number of rotatable bonds is 7. The summed E-state index contributed by atoms with van der Waals surface area (Å²) in [6.07, 6.45) is 4.74. The highest BCUT2D eigenvalue weighted by Crippen LogP contribution is 2.28. The Morgan fingerprint density at radius 3 is 2.42 bits per heavy atom. The van der Waals surface area contributed by atoms with Gasteiger partial charge in [-0.3, -0.25) is 4.57 Å². The average Bonchev–Trinajstić information content (AvgIpc) is 2.03. The van der Waals surface area contributed by atoms with Crippen LogP contribution in [0, 0.1) is 0 Å². The lowest BCUT2D eigenvalue weighted by Crippen LogP contribution is -1.93. The molecule has 0 heterocycles. The van der Waals surface area contributed by atoms with E-state index >= 15 is 0 Å². The van der Waals surface area contributed by atoms with E-state index in [1.165, 1.54) is 19.3 Å². The van der Waals surface area contributed by atoms with Crippen molar-refractivity contribution >= 4 is 8.03 Å². The smallest absolute Gasteiger partial charge is 0.194 e. The fourth-order valence-electron chi connectivity index (χ4n) is 0.868. The first kappa shape index (κ1) is 12.2. The van der Waals surface area contributed by atoms with Crippen LogP contribution in [0.4, 0.5) is 0 Å². The van der Waals surface area contributed by atoms with Gasteiger partial charge in [0.1, 0.15) is 0 Å². The molecule has 0 aliphatic carbocycles. The van der Waals surface area contributed by atoms with Gasteiger partial charge in [0.05, 0.1) is 6.61 Å². The van der Waals surface area contributed by atoms with Crippen LogP contribution in [0.25, 0.3) is 0 Å². The molecule has 0 radical (unpaired) electrons. The third kappa shape index (κ3) is 6.87. The van der Waals surface area contributed by atoms with Gasteiger partial charge in [0, 0.05) is 5.66 Å². The van der Waals surface area contributed by atoms with Crippen molar-refractivity contribution in [3.05, 3.63) is 0 Å². The van der Waals surface area contributed by atoms with Crippen molar-refractivity contribution in [1.82, 2.24) is 0 Å². The van der Waals surface area contributed by atoms with Crippen LogP contribution in [-0.4, -0.2) is 12.3 Å².